The summed E-state index contributed by atoms with van der Waals surface area (Å²) in [6.07, 6.45) is 4.98. The minimum atomic E-state index is -0.812. The van der Waals surface area contributed by atoms with Crippen LogP contribution in [0, 0.1) is 5.82 Å². The molecule has 2 fully saturated rings. The van der Waals surface area contributed by atoms with Gasteiger partial charge in [-0.2, -0.15) is 5.10 Å². The number of aromatic amines is 1. The molecule has 2 heterocycles. The fraction of sp³-hybridized carbons (Fsp3) is 0.345. The number of rotatable bonds is 9. The molecule has 0 bridgehead atoms. The van der Waals surface area contributed by atoms with Gasteiger partial charge in [0.15, 0.2) is 5.82 Å². The van der Waals surface area contributed by atoms with Crippen molar-refractivity contribution in [2.75, 3.05) is 30.3 Å². The molecule has 3 aromatic rings. The second kappa shape index (κ2) is 11.3. The lowest BCUT2D eigenvalue weighted by Gasteiger charge is -2.13. The predicted molar refractivity (Wildman–Crippen MR) is 143 cm³/mol. The van der Waals surface area contributed by atoms with Crippen LogP contribution in [0.25, 0.3) is 11.1 Å². The Labute approximate surface area is 220 Å². The van der Waals surface area contributed by atoms with Crippen molar-refractivity contribution in [1.82, 2.24) is 15.1 Å². The number of likely N-dealkylation sites (tertiary alicyclic amines) is 1. The molecule has 5 rings (SSSR count). The van der Waals surface area contributed by atoms with E-state index in [0.717, 1.165) is 29.7 Å². The van der Waals surface area contributed by atoms with Gasteiger partial charge in [0, 0.05) is 43.4 Å². The molecule has 2 aliphatic rings. The van der Waals surface area contributed by atoms with Crippen LogP contribution < -0.4 is 10.6 Å². The highest BCUT2D eigenvalue weighted by Gasteiger charge is 2.26. The van der Waals surface area contributed by atoms with Gasteiger partial charge in [-0.05, 0) is 55.0 Å². The second-order valence-electron chi connectivity index (χ2n) is 10.1. The van der Waals surface area contributed by atoms with E-state index in [4.69, 9.17) is 0 Å². The van der Waals surface area contributed by atoms with E-state index in [1.807, 2.05) is 42.2 Å². The Bertz CT molecular complexity index is 1350. The van der Waals surface area contributed by atoms with Crippen molar-refractivity contribution in [3.8, 4) is 11.1 Å². The fourth-order valence-corrected chi connectivity index (χ4v) is 4.61. The summed E-state index contributed by atoms with van der Waals surface area (Å²) in [5.74, 6) is -0.602. The van der Waals surface area contributed by atoms with Crippen molar-refractivity contribution < 1.29 is 18.4 Å². The average molecular weight is 520 g/mol. The summed E-state index contributed by atoms with van der Waals surface area (Å²) < 4.78 is 28.1. The molecule has 1 unspecified atom stereocenters. The third-order valence-corrected chi connectivity index (χ3v) is 7.05. The maximum absolute atomic E-state index is 14.8. The number of amides is 2. The number of carbonyl (C=O) groups is 2. The number of carbonyl (C=O) groups excluding carboxylic acids is 2. The molecule has 1 saturated heterocycles. The van der Waals surface area contributed by atoms with E-state index in [-0.39, 0.29) is 11.6 Å². The standard InChI is InChI=1S/C29H31F2N5O2/c1-18(29(38)33-27-16-26(34-35-27)19-7-8-19)20-4-2-5-21(14-20)22-9-10-25(24(31)15-22)32-28(37)6-3-12-36-13-11-23(30)17-36/h2-6,9-10,14-16,18-19,23H,7-8,11-13,17H2,1H3,(H,32,37)(H2,33,34,35,38)/b6-3+/t18?,23-/m0/s1. The van der Waals surface area contributed by atoms with Gasteiger partial charge in [-0.3, -0.25) is 19.6 Å². The molecule has 3 N–H and O–H groups in total. The van der Waals surface area contributed by atoms with Gasteiger partial charge < -0.3 is 10.6 Å². The first-order valence-corrected chi connectivity index (χ1v) is 13.0. The molecule has 1 aliphatic heterocycles. The second-order valence-corrected chi connectivity index (χ2v) is 10.1. The van der Waals surface area contributed by atoms with E-state index < -0.39 is 23.8 Å². The molecule has 1 saturated carbocycles. The van der Waals surface area contributed by atoms with Crippen LogP contribution in [-0.2, 0) is 9.59 Å². The van der Waals surface area contributed by atoms with Crippen molar-refractivity contribution in [3.63, 3.8) is 0 Å². The number of nitrogens with zero attached hydrogens (tertiary/aromatic N) is 2. The lowest BCUT2D eigenvalue weighted by molar-refractivity contribution is -0.117. The number of nitrogens with one attached hydrogen (secondary N) is 3. The van der Waals surface area contributed by atoms with Crippen molar-refractivity contribution >= 4 is 23.3 Å². The number of halogens is 2. The number of hydrogen-bond acceptors (Lipinski definition) is 4. The smallest absolute Gasteiger partial charge is 0.248 e. The first kappa shape index (κ1) is 25.8. The fourth-order valence-electron chi connectivity index (χ4n) is 4.61. The number of benzene rings is 2. The normalized spacial score (nSPS) is 18.6. The number of H-pyrrole nitrogens is 1. The predicted octanol–water partition coefficient (Wildman–Crippen LogP) is 5.37. The lowest BCUT2D eigenvalue weighted by atomic mass is 9.95. The van der Waals surface area contributed by atoms with E-state index in [1.165, 1.54) is 18.2 Å². The topological polar surface area (TPSA) is 90.1 Å². The third-order valence-electron chi connectivity index (χ3n) is 7.05. The van der Waals surface area contributed by atoms with Crippen molar-refractivity contribution in [3.05, 3.63) is 77.8 Å². The van der Waals surface area contributed by atoms with Crippen LogP contribution in [-0.4, -0.2) is 52.7 Å². The molecule has 7 nitrogen and oxygen atoms in total. The van der Waals surface area contributed by atoms with Crippen LogP contribution in [0.3, 0.4) is 0 Å². The van der Waals surface area contributed by atoms with Gasteiger partial charge in [0.05, 0.1) is 11.6 Å². The van der Waals surface area contributed by atoms with Crippen LogP contribution >= 0.6 is 0 Å². The van der Waals surface area contributed by atoms with Gasteiger partial charge in [-0.1, -0.05) is 36.4 Å². The lowest BCUT2D eigenvalue weighted by Crippen LogP contribution is -2.21. The van der Waals surface area contributed by atoms with Gasteiger partial charge in [0.25, 0.3) is 0 Å². The highest BCUT2D eigenvalue weighted by Crippen LogP contribution is 2.39. The Morgan fingerprint density at radius 3 is 2.68 bits per heavy atom. The summed E-state index contributed by atoms with van der Waals surface area (Å²) >= 11 is 0. The number of anilines is 2. The van der Waals surface area contributed by atoms with Gasteiger partial charge in [-0.25, -0.2) is 8.78 Å². The molecule has 198 valence electrons. The van der Waals surface area contributed by atoms with Crippen LogP contribution in [0.15, 0.2) is 60.7 Å². The molecule has 0 spiro atoms. The zero-order chi connectivity index (χ0) is 26.6. The third kappa shape index (κ3) is 6.34. The molecule has 0 radical (unpaired) electrons. The van der Waals surface area contributed by atoms with Crippen LogP contribution in [0.4, 0.5) is 20.3 Å². The highest BCUT2D eigenvalue weighted by molar-refractivity contribution is 5.99. The Balaban J connectivity index is 1.20. The van der Waals surface area contributed by atoms with Gasteiger partial charge in [0.2, 0.25) is 11.8 Å². The Kier molecular flexibility index (Phi) is 7.64. The van der Waals surface area contributed by atoms with E-state index >= 15 is 0 Å². The SMILES string of the molecule is CC(C(=O)Nc1cc(C2CC2)[nH]n1)c1cccc(-c2ccc(NC(=O)/C=C/CN3CC[C@H](F)C3)c(F)c2)c1. The highest BCUT2D eigenvalue weighted by atomic mass is 19.1. The molecule has 2 amide bonds. The minimum Gasteiger partial charge on any atom is -0.320 e. The summed E-state index contributed by atoms with van der Waals surface area (Å²) in [4.78, 5) is 27.0. The van der Waals surface area contributed by atoms with E-state index in [1.54, 1.807) is 12.1 Å². The zero-order valence-corrected chi connectivity index (χ0v) is 21.2. The summed E-state index contributed by atoms with van der Waals surface area (Å²) in [6, 6.07) is 13.9. The summed E-state index contributed by atoms with van der Waals surface area (Å²) in [5, 5.41) is 12.6. The Hall–Kier alpha value is -3.85. The Morgan fingerprint density at radius 2 is 1.95 bits per heavy atom. The molecule has 38 heavy (non-hydrogen) atoms. The summed E-state index contributed by atoms with van der Waals surface area (Å²) in [5.41, 5.74) is 3.29. The maximum atomic E-state index is 14.8. The van der Waals surface area contributed by atoms with Crippen molar-refractivity contribution in [1.29, 1.82) is 0 Å². The molecule has 2 atom stereocenters. The van der Waals surface area contributed by atoms with E-state index in [2.05, 4.69) is 20.8 Å². The largest absolute Gasteiger partial charge is 0.320 e. The van der Waals surface area contributed by atoms with E-state index in [0.29, 0.717) is 43.4 Å². The number of hydrogen-bond donors (Lipinski definition) is 3. The van der Waals surface area contributed by atoms with Crippen LogP contribution in [0.2, 0.25) is 0 Å². The zero-order valence-electron chi connectivity index (χ0n) is 21.2. The van der Waals surface area contributed by atoms with Crippen LogP contribution in [0.1, 0.15) is 49.3 Å². The molecule has 9 heteroatoms. The quantitative estimate of drug-likeness (QED) is 0.332. The maximum Gasteiger partial charge on any atom is 0.248 e. The van der Waals surface area contributed by atoms with Gasteiger partial charge in [-0.15, -0.1) is 0 Å². The van der Waals surface area contributed by atoms with Crippen LogP contribution in [0.5, 0.6) is 0 Å². The first-order valence-electron chi connectivity index (χ1n) is 13.0. The van der Waals surface area contributed by atoms with Gasteiger partial charge in [0.1, 0.15) is 12.0 Å². The number of aromatic nitrogens is 2. The van der Waals surface area contributed by atoms with E-state index in [9.17, 15) is 18.4 Å². The minimum absolute atomic E-state index is 0.0712. The summed E-state index contributed by atoms with van der Waals surface area (Å²) in [7, 11) is 0. The van der Waals surface area contributed by atoms with Crippen molar-refractivity contribution in [2.24, 2.45) is 0 Å². The molecule has 1 aromatic heterocycles. The molecule has 2 aromatic carbocycles. The summed E-state index contributed by atoms with van der Waals surface area (Å²) in [6.45, 7) is 3.33. The molecular weight excluding hydrogens is 488 g/mol. The average Bonchev–Trinajstić information content (AvgIpc) is 3.52. The Morgan fingerprint density at radius 1 is 1.13 bits per heavy atom. The first-order chi connectivity index (χ1) is 18.4. The molecular formula is C29H31F2N5O2. The molecule has 1 aliphatic carbocycles. The van der Waals surface area contributed by atoms with Crippen molar-refractivity contribution in [2.45, 2.75) is 44.2 Å². The van der Waals surface area contributed by atoms with Gasteiger partial charge >= 0.3 is 0 Å². The number of alkyl halides is 1. The monoisotopic (exact) mass is 519 g/mol.